The van der Waals surface area contributed by atoms with E-state index in [1.54, 1.807) is 29.2 Å². The molecule has 212 valence electrons. The van der Waals surface area contributed by atoms with Gasteiger partial charge in [0, 0.05) is 31.5 Å². The Labute approximate surface area is 232 Å². The summed E-state index contributed by atoms with van der Waals surface area (Å²) in [4.78, 5) is 55.0. The van der Waals surface area contributed by atoms with Crippen molar-refractivity contribution < 1.29 is 29.0 Å². The zero-order valence-corrected chi connectivity index (χ0v) is 22.6. The Morgan fingerprint density at radius 1 is 1.02 bits per heavy atom. The number of nitrogens with two attached hydrogens (primary N) is 2. The third-order valence-electron chi connectivity index (χ3n) is 7.68. The SMILES string of the molecule is CC(C)CC1(OC(=O)O)C2C(=O)N(CCc3ccccc3)C(=O)C2C(c2ccc(C(=N)N)cc2)N1CCC(N)=O. The number of likely N-dealkylation sites (tertiary alicyclic amines) is 2. The Balaban J connectivity index is 1.85. The first kappa shape index (κ1) is 28.8. The maximum absolute atomic E-state index is 14.1. The quantitative estimate of drug-likeness (QED) is 0.143. The number of carbonyl (C=O) groups excluding carboxylic acids is 3. The van der Waals surface area contributed by atoms with Crippen LogP contribution in [0, 0.1) is 23.2 Å². The minimum atomic E-state index is -1.71. The third-order valence-corrected chi connectivity index (χ3v) is 7.68. The number of nitrogens with one attached hydrogen (secondary N) is 1. The van der Waals surface area contributed by atoms with E-state index in [0.29, 0.717) is 17.5 Å². The van der Waals surface area contributed by atoms with Crippen molar-refractivity contribution in [3.63, 3.8) is 0 Å². The number of ether oxygens (including phenoxy) is 1. The molecule has 2 aromatic rings. The molecule has 4 rings (SSSR count). The number of rotatable bonds is 11. The molecule has 2 heterocycles. The summed E-state index contributed by atoms with van der Waals surface area (Å²) in [5, 5.41) is 17.6. The average Bonchev–Trinajstić information content (AvgIpc) is 3.30. The minimum absolute atomic E-state index is 0.0218. The number of amides is 3. The lowest BCUT2D eigenvalue weighted by atomic mass is 9.82. The number of hydrogen-bond acceptors (Lipinski definition) is 7. The van der Waals surface area contributed by atoms with Crippen LogP contribution in [-0.2, 0) is 25.5 Å². The Bertz CT molecular complexity index is 1300. The second-order valence-corrected chi connectivity index (χ2v) is 10.8. The number of nitrogens with zero attached hydrogens (tertiary/aromatic N) is 2. The van der Waals surface area contributed by atoms with E-state index in [1.807, 2.05) is 44.2 Å². The maximum atomic E-state index is 14.1. The molecule has 4 atom stereocenters. The van der Waals surface area contributed by atoms with Crippen LogP contribution in [0.1, 0.15) is 49.4 Å². The van der Waals surface area contributed by atoms with Crippen LogP contribution in [0.2, 0.25) is 0 Å². The van der Waals surface area contributed by atoms with Crippen LogP contribution in [0.3, 0.4) is 0 Å². The van der Waals surface area contributed by atoms with Crippen LogP contribution in [-0.4, -0.2) is 63.4 Å². The summed E-state index contributed by atoms with van der Waals surface area (Å²) in [5.74, 6) is -3.88. The van der Waals surface area contributed by atoms with Crippen LogP contribution in [0.5, 0.6) is 0 Å². The molecule has 0 bridgehead atoms. The highest BCUT2D eigenvalue weighted by molar-refractivity contribution is 6.07. The number of amidine groups is 1. The molecule has 6 N–H and O–H groups in total. The number of imide groups is 1. The fourth-order valence-corrected chi connectivity index (χ4v) is 6.21. The van der Waals surface area contributed by atoms with E-state index in [-0.39, 0.29) is 37.7 Å². The fourth-order valence-electron chi connectivity index (χ4n) is 6.21. The minimum Gasteiger partial charge on any atom is -0.450 e. The lowest BCUT2D eigenvalue weighted by molar-refractivity contribution is -0.167. The van der Waals surface area contributed by atoms with Gasteiger partial charge >= 0.3 is 6.16 Å². The largest absolute Gasteiger partial charge is 0.507 e. The molecule has 2 fully saturated rings. The second kappa shape index (κ2) is 11.5. The van der Waals surface area contributed by atoms with E-state index in [0.717, 1.165) is 5.56 Å². The van der Waals surface area contributed by atoms with Crippen LogP contribution in [0.25, 0.3) is 0 Å². The summed E-state index contributed by atoms with van der Waals surface area (Å²) in [6.45, 7) is 3.86. The molecule has 0 saturated carbocycles. The Kier molecular flexibility index (Phi) is 8.24. The highest BCUT2D eigenvalue weighted by Gasteiger charge is 2.71. The molecule has 2 aliphatic rings. The van der Waals surface area contributed by atoms with E-state index in [9.17, 15) is 24.3 Å². The normalized spacial score (nSPS) is 24.4. The van der Waals surface area contributed by atoms with Crippen molar-refractivity contribution in [3.05, 3.63) is 71.3 Å². The molecule has 11 heteroatoms. The molecule has 4 unspecified atom stereocenters. The average molecular weight is 550 g/mol. The van der Waals surface area contributed by atoms with E-state index in [1.165, 1.54) is 4.90 Å². The summed E-state index contributed by atoms with van der Waals surface area (Å²) in [6, 6.07) is 15.3. The van der Waals surface area contributed by atoms with E-state index < -0.39 is 47.5 Å². The predicted octanol–water partition coefficient (Wildman–Crippen LogP) is 2.48. The monoisotopic (exact) mass is 549 g/mol. The fraction of sp³-hybridized carbons (Fsp3) is 0.414. The Morgan fingerprint density at radius 3 is 2.23 bits per heavy atom. The Morgan fingerprint density at radius 2 is 1.68 bits per heavy atom. The van der Waals surface area contributed by atoms with Gasteiger partial charge in [-0.3, -0.25) is 29.6 Å². The van der Waals surface area contributed by atoms with Gasteiger partial charge in [-0.05, 0) is 23.5 Å². The van der Waals surface area contributed by atoms with Crippen molar-refractivity contribution in [2.24, 2.45) is 29.2 Å². The number of primary amides is 1. The third kappa shape index (κ3) is 5.42. The van der Waals surface area contributed by atoms with Gasteiger partial charge in [-0.15, -0.1) is 0 Å². The first-order chi connectivity index (χ1) is 19.0. The van der Waals surface area contributed by atoms with Gasteiger partial charge in [-0.2, -0.15) is 0 Å². The first-order valence-corrected chi connectivity index (χ1v) is 13.3. The van der Waals surface area contributed by atoms with E-state index in [4.69, 9.17) is 21.6 Å². The van der Waals surface area contributed by atoms with Gasteiger partial charge in [-0.1, -0.05) is 68.4 Å². The second-order valence-electron chi connectivity index (χ2n) is 10.8. The van der Waals surface area contributed by atoms with Crippen LogP contribution < -0.4 is 11.5 Å². The number of carboxylic acid groups (broad SMARTS) is 1. The van der Waals surface area contributed by atoms with Crippen LogP contribution in [0.15, 0.2) is 54.6 Å². The number of benzene rings is 2. The molecule has 0 radical (unpaired) electrons. The smallest absolute Gasteiger partial charge is 0.450 e. The lowest BCUT2D eigenvalue weighted by Crippen LogP contribution is -2.56. The molecule has 0 aromatic heterocycles. The molecule has 0 aliphatic carbocycles. The van der Waals surface area contributed by atoms with Crippen molar-refractivity contribution in [2.45, 2.75) is 44.9 Å². The molecule has 40 heavy (non-hydrogen) atoms. The van der Waals surface area contributed by atoms with Crippen molar-refractivity contribution in [2.75, 3.05) is 13.1 Å². The van der Waals surface area contributed by atoms with Gasteiger partial charge < -0.3 is 21.3 Å². The van der Waals surface area contributed by atoms with E-state index in [2.05, 4.69) is 0 Å². The standard InChI is InChI=1S/C29H35N5O6/c1-17(2)16-29(40-28(38)39)23-22(26(36)33(27(23)37)14-12-18-6-4-3-5-7-18)24(34(29)15-13-21(30)35)19-8-10-20(11-9-19)25(31)32/h3-11,17,22-24H,12-16H2,1-2H3,(H2,30,35)(H3,31,32)(H,38,39). The van der Waals surface area contributed by atoms with Crippen molar-refractivity contribution >= 4 is 29.7 Å². The molecule has 0 spiro atoms. The summed E-state index contributed by atoms with van der Waals surface area (Å²) in [5.41, 5.74) is 11.4. The molecule has 2 aromatic carbocycles. The van der Waals surface area contributed by atoms with Gasteiger partial charge in [0.1, 0.15) is 11.8 Å². The van der Waals surface area contributed by atoms with Crippen LogP contribution >= 0.6 is 0 Å². The summed E-state index contributed by atoms with van der Waals surface area (Å²) in [6.07, 6.45) is -1.16. The number of carbonyl (C=O) groups is 4. The highest BCUT2D eigenvalue weighted by atomic mass is 16.7. The van der Waals surface area contributed by atoms with Gasteiger partial charge in [0.2, 0.25) is 17.7 Å². The molecule has 11 nitrogen and oxygen atoms in total. The highest BCUT2D eigenvalue weighted by Crippen LogP contribution is 2.57. The zero-order valence-electron chi connectivity index (χ0n) is 22.6. The van der Waals surface area contributed by atoms with Crippen molar-refractivity contribution in [1.82, 2.24) is 9.80 Å². The lowest BCUT2D eigenvalue weighted by Gasteiger charge is -2.43. The van der Waals surface area contributed by atoms with Gasteiger partial charge in [0.25, 0.3) is 0 Å². The number of fused-ring (bicyclic) bond motifs is 1. The Hall–Kier alpha value is -4.25. The summed E-state index contributed by atoms with van der Waals surface area (Å²) < 4.78 is 5.65. The molecular formula is C29H35N5O6. The van der Waals surface area contributed by atoms with E-state index >= 15 is 0 Å². The van der Waals surface area contributed by atoms with Gasteiger partial charge in [-0.25, -0.2) is 4.79 Å². The molecule has 2 aliphatic heterocycles. The van der Waals surface area contributed by atoms with Crippen LogP contribution in [0.4, 0.5) is 4.79 Å². The molecule has 2 saturated heterocycles. The zero-order chi connectivity index (χ0) is 29.2. The maximum Gasteiger partial charge on any atom is 0.507 e. The van der Waals surface area contributed by atoms with Gasteiger partial charge in [0.15, 0.2) is 5.72 Å². The van der Waals surface area contributed by atoms with Crippen molar-refractivity contribution in [1.29, 1.82) is 5.41 Å². The summed E-state index contributed by atoms with van der Waals surface area (Å²) >= 11 is 0. The first-order valence-electron chi connectivity index (χ1n) is 13.3. The topological polar surface area (TPSA) is 180 Å². The number of hydrogen-bond donors (Lipinski definition) is 4. The predicted molar refractivity (Wildman–Crippen MR) is 146 cm³/mol. The van der Waals surface area contributed by atoms with Gasteiger partial charge in [0.05, 0.1) is 12.0 Å². The van der Waals surface area contributed by atoms with Crippen molar-refractivity contribution in [3.8, 4) is 0 Å². The molecule has 3 amide bonds. The summed E-state index contributed by atoms with van der Waals surface area (Å²) in [7, 11) is 0. The number of nitrogen functional groups attached to an aromatic ring is 1. The molecular weight excluding hydrogens is 514 g/mol.